The lowest BCUT2D eigenvalue weighted by molar-refractivity contribution is -0.0322. The predicted molar refractivity (Wildman–Crippen MR) is 216 cm³/mol. The van der Waals surface area contributed by atoms with Crippen LogP contribution in [0.4, 0.5) is 9.59 Å². The van der Waals surface area contributed by atoms with Crippen LogP contribution in [0.15, 0.2) is 53.6 Å². The van der Waals surface area contributed by atoms with Gasteiger partial charge >= 0.3 is 12.2 Å². The fourth-order valence-electron chi connectivity index (χ4n) is 6.50. The van der Waals surface area contributed by atoms with Crippen LogP contribution in [0.2, 0.25) is 10.0 Å². The standard InChI is InChI=1S/C20H30ClNO6S.C19H27ClN4O3/c1-20(2,3)28-19(23)22-10-6-8-16(14-22)18(15-7-5-9-17(21)13-15)26-11-12-27-29(4,24)25;1-19(2,3)27-18(25)24-10-5-7-15(13-24)17(26-11-9-22-23-21)14-6-4-8-16(20)12-14/h5,7,9,13,16,18H,6,8,10-12,14H2,1-4H3;4,6,8,12,15,17H,5,7,9-11,13H2,1-3H3/t16-,18+;15-,17+/m11/s1. The zero-order valence-electron chi connectivity index (χ0n) is 33.5. The molecule has 0 aliphatic carbocycles. The zero-order valence-corrected chi connectivity index (χ0v) is 35.8. The molecule has 0 unspecified atom stereocenters. The second-order valence-electron chi connectivity index (χ2n) is 15.8. The van der Waals surface area contributed by atoms with Crippen LogP contribution in [-0.4, -0.2) is 100 Å². The van der Waals surface area contributed by atoms with Gasteiger partial charge in [-0.05, 0) is 108 Å². The number of nitrogens with zero attached hydrogens (tertiary/aromatic N) is 5. The minimum Gasteiger partial charge on any atom is -0.444 e. The molecule has 0 N–H and O–H groups in total. The Morgan fingerprint density at radius 2 is 1.25 bits per heavy atom. The Bertz CT molecular complexity index is 1730. The number of hydrogen-bond acceptors (Lipinski definition) is 10. The maximum atomic E-state index is 12.5. The Balaban J connectivity index is 0.000000301. The van der Waals surface area contributed by atoms with E-state index in [1.165, 1.54) is 0 Å². The van der Waals surface area contributed by atoms with Gasteiger partial charge in [0.2, 0.25) is 0 Å². The highest BCUT2D eigenvalue weighted by Crippen LogP contribution is 2.36. The Labute approximate surface area is 341 Å². The van der Waals surface area contributed by atoms with E-state index < -0.39 is 21.3 Å². The minimum absolute atomic E-state index is 0.0213. The number of amides is 2. The maximum Gasteiger partial charge on any atom is 0.410 e. The number of benzene rings is 2. The van der Waals surface area contributed by atoms with Crippen LogP contribution in [0.3, 0.4) is 0 Å². The van der Waals surface area contributed by atoms with Crippen LogP contribution in [0, 0.1) is 11.8 Å². The molecular formula is C39H57Cl2N5O9S. The van der Waals surface area contributed by atoms with Crippen molar-refractivity contribution in [3.63, 3.8) is 0 Å². The van der Waals surface area contributed by atoms with Crippen LogP contribution in [-0.2, 0) is 33.2 Å². The van der Waals surface area contributed by atoms with E-state index in [-0.39, 0.29) is 56.0 Å². The Morgan fingerprint density at radius 1 is 0.804 bits per heavy atom. The maximum absolute atomic E-state index is 12.5. The first-order valence-corrected chi connectivity index (χ1v) is 21.4. The fraction of sp³-hybridized carbons (Fsp3) is 0.641. The van der Waals surface area contributed by atoms with Gasteiger partial charge in [0.25, 0.3) is 10.1 Å². The molecule has 0 radical (unpaired) electrons. The van der Waals surface area contributed by atoms with Crippen molar-refractivity contribution < 1.29 is 41.1 Å². The molecule has 0 spiro atoms. The Kier molecular flexibility index (Phi) is 18.5. The predicted octanol–water partition coefficient (Wildman–Crippen LogP) is 9.38. The second kappa shape index (κ2) is 22.0. The molecule has 2 aromatic rings. The summed E-state index contributed by atoms with van der Waals surface area (Å²) in [5.74, 6) is 0.128. The van der Waals surface area contributed by atoms with Gasteiger partial charge in [-0.3, -0.25) is 4.18 Å². The number of azide groups is 1. The third-order valence-corrected chi connectivity index (χ3v) is 9.72. The summed E-state index contributed by atoms with van der Waals surface area (Å²) in [6.45, 7) is 14.0. The highest BCUT2D eigenvalue weighted by atomic mass is 35.5. The molecule has 4 rings (SSSR count). The van der Waals surface area contributed by atoms with Gasteiger partial charge in [-0.25, -0.2) is 9.59 Å². The molecular weight excluding hydrogens is 785 g/mol. The number of likely N-dealkylation sites (tertiary alicyclic amines) is 2. The van der Waals surface area contributed by atoms with Crippen molar-refractivity contribution >= 4 is 45.5 Å². The topological polar surface area (TPSA) is 170 Å². The average molecular weight is 843 g/mol. The molecule has 312 valence electrons. The summed E-state index contributed by atoms with van der Waals surface area (Å²) in [4.78, 5) is 31.2. The Hall–Kier alpha value is -3.30. The molecule has 2 heterocycles. The van der Waals surface area contributed by atoms with Crippen LogP contribution < -0.4 is 0 Å². The summed E-state index contributed by atoms with van der Waals surface area (Å²) in [6.07, 6.45) is 3.27. The molecule has 2 fully saturated rings. The van der Waals surface area contributed by atoms with Crippen molar-refractivity contribution in [2.24, 2.45) is 17.0 Å². The normalized spacial score (nSPS) is 18.8. The number of halogens is 2. The van der Waals surface area contributed by atoms with Gasteiger partial charge < -0.3 is 28.7 Å². The van der Waals surface area contributed by atoms with E-state index in [4.69, 9.17) is 51.9 Å². The SMILES string of the molecule is CC(C)(C)OC(=O)N1CCC[C@@H]([C@@H](OCCN=[N+]=[N-])c2cccc(Cl)c2)C1.CC(C)(C)OC(=O)N1CCC[C@@H]([C@@H](OCCOS(C)(=O)=O)c2cccc(Cl)c2)C1. The van der Waals surface area contributed by atoms with Crippen LogP contribution >= 0.6 is 23.2 Å². The number of hydrogen-bond donors (Lipinski definition) is 0. The van der Waals surface area contributed by atoms with Crippen molar-refractivity contribution in [1.82, 2.24) is 9.80 Å². The quantitative estimate of drug-likeness (QED) is 0.0627. The lowest BCUT2D eigenvalue weighted by atomic mass is 9.88. The van der Waals surface area contributed by atoms with E-state index >= 15 is 0 Å². The van der Waals surface area contributed by atoms with Gasteiger partial charge in [-0.15, -0.1) is 0 Å². The molecule has 0 bridgehead atoms. The number of rotatable bonds is 13. The van der Waals surface area contributed by atoms with Crippen LogP contribution in [0.1, 0.15) is 90.6 Å². The second-order valence-corrected chi connectivity index (χ2v) is 18.3. The van der Waals surface area contributed by atoms with Crippen molar-refractivity contribution in [1.29, 1.82) is 0 Å². The van der Waals surface area contributed by atoms with E-state index in [1.807, 2.05) is 84.0 Å². The molecule has 0 saturated carbocycles. The third-order valence-electron chi connectivity index (χ3n) is 8.66. The summed E-state index contributed by atoms with van der Waals surface area (Å²) in [5, 5.41) is 4.75. The molecule has 0 aromatic heterocycles. The molecule has 56 heavy (non-hydrogen) atoms. The number of carbonyl (C=O) groups excluding carboxylic acids is 2. The molecule has 2 aliphatic rings. The smallest absolute Gasteiger partial charge is 0.410 e. The first kappa shape index (κ1) is 47.1. The number of piperidine rings is 2. The van der Waals surface area contributed by atoms with E-state index in [0.717, 1.165) is 43.1 Å². The van der Waals surface area contributed by atoms with Crippen molar-refractivity contribution in [3.05, 3.63) is 80.1 Å². The van der Waals surface area contributed by atoms with Gasteiger partial charge in [0, 0.05) is 59.5 Å². The van der Waals surface area contributed by atoms with Gasteiger partial charge in [0.15, 0.2) is 0 Å². The molecule has 4 atom stereocenters. The highest BCUT2D eigenvalue weighted by molar-refractivity contribution is 7.85. The summed E-state index contributed by atoms with van der Waals surface area (Å²) in [6, 6.07) is 14.9. The first-order valence-electron chi connectivity index (χ1n) is 18.8. The molecule has 2 aromatic carbocycles. The minimum atomic E-state index is -3.53. The van der Waals surface area contributed by atoms with E-state index in [1.54, 1.807) is 15.9 Å². The van der Waals surface area contributed by atoms with Crippen LogP contribution in [0.25, 0.3) is 10.4 Å². The molecule has 2 amide bonds. The summed E-state index contributed by atoms with van der Waals surface area (Å²) in [7, 11) is -3.53. The third kappa shape index (κ3) is 17.5. The monoisotopic (exact) mass is 841 g/mol. The van der Waals surface area contributed by atoms with Gasteiger partial charge in [-0.2, -0.15) is 8.42 Å². The number of ether oxygens (including phenoxy) is 4. The molecule has 17 heteroatoms. The van der Waals surface area contributed by atoms with Crippen molar-refractivity contribution in [2.45, 2.75) is 90.6 Å². The molecule has 2 saturated heterocycles. The summed E-state index contributed by atoms with van der Waals surface area (Å²) < 4.78 is 50.2. The Morgan fingerprint density at radius 3 is 1.64 bits per heavy atom. The summed E-state index contributed by atoms with van der Waals surface area (Å²) >= 11 is 12.3. The summed E-state index contributed by atoms with van der Waals surface area (Å²) in [5.41, 5.74) is 9.20. The lowest BCUT2D eigenvalue weighted by Crippen LogP contribution is -2.44. The molecule has 2 aliphatic heterocycles. The first-order chi connectivity index (χ1) is 26.2. The van der Waals surface area contributed by atoms with E-state index in [2.05, 4.69) is 10.0 Å². The van der Waals surface area contributed by atoms with Gasteiger partial charge in [0.05, 0.1) is 38.3 Å². The fourth-order valence-corrected chi connectivity index (χ4v) is 7.27. The molecule has 14 nitrogen and oxygen atoms in total. The zero-order chi connectivity index (χ0) is 41.5. The lowest BCUT2D eigenvalue weighted by Gasteiger charge is -2.37. The van der Waals surface area contributed by atoms with Crippen LogP contribution in [0.5, 0.6) is 0 Å². The van der Waals surface area contributed by atoms with Gasteiger partial charge in [0.1, 0.15) is 11.2 Å². The van der Waals surface area contributed by atoms with E-state index in [0.29, 0.717) is 42.8 Å². The average Bonchev–Trinajstić information content (AvgIpc) is 3.10. The largest absolute Gasteiger partial charge is 0.444 e. The van der Waals surface area contributed by atoms with Gasteiger partial charge in [-0.1, -0.05) is 52.6 Å². The number of carbonyl (C=O) groups is 2. The highest BCUT2D eigenvalue weighted by Gasteiger charge is 2.35. The van der Waals surface area contributed by atoms with Crippen molar-refractivity contribution in [3.8, 4) is 0 Å². The van der Waals surface area contributed by atoms with Crippen molar-refractivity contribution in [2.75, 3.05) is 58.8 Å². The van der Waals surface area contributed by atoms with E-state index in [9.17, 15) is 18.0 Å².